The van der Waals surface area contributed by atoms with E-state index in [9.17, 15) is 4.79 Å². The number of ether oxygens (including phenoxy) is 1. The first-order chi connectivity index (χ1) is 15.1. The third-order valence-corrected chi connectivity index (χ3v) is 5.00. The lowest BCUT2D eigenvalue weighted by Crippen LogP contribution is -2.12. The SMILES string of the molecule is Cc1cccc(Oc2c(CCC(=O)Nc3ccccc3)c(C)nn2-c2ccccc2)c1. The summed E-state index contributed by atoms with van der Waals surface area (Å²) in [6.45, 7) is 3.98. The first-order valence-electron chi connectivity index (χ1n) is 10.3. The van der Waals surface area contributed by atoms with Crippen LogP contribution >= 0.6 is 0 Å². The number of amides is 1. The van der Waals surface area contributed by atoms with E-state index in [0.29, 0.717) is 18.7 Å². The van der Waals surface area contributed by atoms with Crippen LogP contribution in [0, 0.1) is 13.8 Å². The molecular weight excluding hydrogens is 386 g/mol. The molecule has 1 heterocycles. The number of carbonyl (C=O) groups excluding carboxylic acids is 1. The van der Waals surface area contributed by atoms with Crippen molar-refractivity contribution in [1.82, 2.24) is 9.78 Å². The summed E-state index contributed by atoms with van der Waals surface area (Å²) in [4.78, 5) is 12.5. The number of nitrogens with one attached hydrogen (secondary N) is 1. The van der Waals surface area contributed by atoms with Crippen LogP contribution in [0.2, 0.25) is 0 Å². The summed E-state index contributed by atoms with van der Waals surface area (Å²) in [6.07, 6.45) is 0.860. The summed E-state index contributed by atoms with van der Waals surface area (Å²) >= 11 is 0. The quantitative estimate of drug-likeness (QED) is 0.415. The maximum absolute atomic E-state index is 12.5. The zero-order valence-electron chi connectivity index (χ0n) is 17.7. The van der Waals surface area contributed by atoms with Gasteiger partial charge in [0.15, 0.2) is 0 Å². The third-order valence-electron chi connectivity index (χ3n) is 5.00. The van der Waals surface area contributed by atoms with Crippen LogP contribution in [0.25, 0.3) is 5.69 Å². The van der Waals surface area contributed by atoms with Gasteiger partial charge in [-0.1, -0.05) is 48.5 Å². The Balaban J connectivity index is 1.61. The molecule has 3 aromatic carbocycles. The molecule has 4 aromatic rings. The minimum absolute atomic E-state index is 0.0421. The first kappa shape index (κ1) is 20.4. The highest BCUT2D eigenvalue weighted by atomic mass is 16.5. The maximum atomic E-state index is 12.5. The van der Waals surface area contributed by atoms with Gasteiger partial charge < -0.3 is 10.1 Å². The number of hydrogen-bond acceptors (Lipinski definition) is 3. The van der Waals surface area contributed by atoms with E-state index in [1.165, 1.54) is 0 Å². The molecule has 0 atom stereocenters. The van der Waals surface area contributed by atoms with Gasteiger partial charge >= 0.3 is 0 Å². The van der Waals surface area contributed by atoms with Crippen molar-refractivity contribution in [3.05, 3.63) is 102 Å². The van der Waals surface area contributed by atoms with Gasteiger partial charge in [0.25, 0.3) is 0 Å². The molecule has 0 bridgehead atoms. The molecular formula is C26H25N3O2. The average molecular weight is 412 g/mol. The second-order valence-corrected chi connectivity index (χ2v) is 7.45. The minimum Gasteiger partial charge on any atom is -0.439 e. The summed E-state index contributed by atoms with van der Waals surface area (Å²) in [6, 6.07) is 27.3. The summed E-state index contributed by atoms with van der Waals surface area (Å²) < 4.78 is 8.12. The van der Waals surface area contributed by atoms with Crippen molar-refractivity contribution in [2.75, 3.05) is 5.32 Å². The summed E-state index contributed by atoms with van der Waals surface area (Å²) in [5.41, 5.74) is 4.59. The van der Waals surface area contributed by atoms with Gasteiger partial charge in [0.1, 0.15) is 5.75 Å². The normalized spacial score (nSPS) is 10.6. The third kappa shape index (κ3) is 5.01. The second kappa shape index (κ2) is 9.30. The molecule has 0 fully saturated rings. The van der Waals surface area contributed by atoms with Gasteiger partial charge in [-0.2, -0.15) is 5.10 Å². The first-order valence-corrected chi connectivity index (χ1v) is 10.3. The maximum Gasteiger partial charge on any atom is 0.226 e. The van der Waals surface area contributed by atoms with Crippen molar-refractivity contribution in [2.45, 2.75) is 26.7 Å². The van der Waals surface area contributed by atoms with E-state index in [-0.39, 0.29) is 5.91 Å². The van der Waals surface area contributed by atoms with Crippen molar-refractivity contribution in [1.29, 1.82) is 0 Å². The highest BCUT2D eigenvalue weighted by Gasteiger charge is 2.20. The summed E-state index contributed by atoms with van der Waals surface area (Å²) in [5.74, 6) is 1.34. The lowest BCUT2D eigenvalue weighted by molar-refractivity contribution is -0.116. The molecule has 1 amide bonds. The topological polar surface area (TPSA) is 56.1 Å². The smallest absolute Gasteiger partial charge is 0.226 e. The number of para-hydroxylation sites is 2. The predicted molar refractivity (Wildman–Crippen MR) is 123 cm³/mol. The Morgan fingerprint density at radius 1 is 0.935 bits per heavy atom. The molecule has 5 nitrogen and oxygen atoms in total. The van der Waals surface area contributed by atoms with E-state index in [0.717, 1.165) is 33.9 Å². The molecule has 0 spiro atoms. The molecule has 1 N–H and O–H groups in total. The number of aryl methyl sites for hydroxylation is 2. The minimum atomic E-state index is -0.0421. The van der Waals surface area contributed by atoms with E-state index < -0.39 is 0 Å². The fraction of sp³-hybridized carbons (Fsp3) is 0.154. The van der Waals surface area contributed by atoms with Crippen LogP contribution in [0.15, 0.2) is 84.9 Å². The van der Waals surface area contributed by atoms with Crippen molar-refractivity contribution in [3.8, 4) is 17.3 Å². The van der Waals surface area contributed by atoms with Gasteiger partial charge in [-0.25, -0.2) is 4.68 Å². The molecule has 1 aromatic heterocycles. The predicted octanol–water partition coefficient (Wildman–Crippen LogP) is 5.85. The van der Waals surface area contributed by atoms with Crippen LogP contribution in [0.5, 0.6) is 11.6 Å². The van der Waals surface area contributed by atoms with Crippen molar-refractivity contribution >= 4 is 11.6 Å². The van der Waals surface area contributed by atoms with E-state index in [1.54, 1.807) is 0 Å². The number of hydrogen-bond donors (Lipinski definition) is 1. The molecule has 31 heavy (non-hydrogen) atoms. The van der Waals surface area contributed by atoms with Gasteiger partial charge in [-0.15, -0.1) is 0 Å². The zero-order chi connectivity index (χ0) is 21.6. The fourth-order valence-electron chi connectivity index (χ4n) is 3.45. The van der Waals surface area contributed by atoms with Crippen LogP contribution in [0.4, 0.5) is 5.69 Å². The molecule has 5 heteroatoms. The second-order valence-electron chi connectivity index (χ2n) is 7.45. The highest BCUT2D eigenvalue weighted by Crippen LogP contribution is 2.32. The summed E-state index contributed by atoms with van der Waals surface area (Å²) in [5, 5.41) is 7.66. The number of anilines is 1. The van der Waals surface area contributed by atoms with Crippen molar-refractivity contribution < 1.29 is 9.53 Å². The average Bonchev–Trinajstić information content (AvgIpc) is 3.08. The molecule has 0 unspecified atom stereocenters. The van der Waals surface area contributed by atoms with E-state index >= 15 is 0 Å². The van der Waals surface area contributed by atoms with E-state index in [2.05, 4.69) is 5.32 Å². The number of benzene rings is 3. The standard InChI is InChI=1S/C26H25N3O2/c1-19-10-9-15-23(18-19)31-26-24(16-17-25(30)27-21-11-5-3-6-12-21)20(2)28-29(26)22-13-7-4-8-14-22/h3-15,18H,16-17H2,1-2H3,(H,27,30). The Bertz CT molecular complexity index is 1170. The lowest BCUT2D eigenvalue weighted by atomic mass is 10.1. The van der Waals surface area contributed by atoms with Crippen molar-refractivity contribution in [3.63, 3.8) is 0 Å². The molecule has 156 valence electrons. The molecule has 0 aliphatic heterocycles. The van der Waals surface area contributed by atoms with Crippen LogP contribution in [0.3, 0.4) is 0 Å². The Kier molecular flexibility index (Phi) is 6.13. The Morgan fingerprint density at radius 3 is 2.35 bits per heavy atom. The van der Waals surface area contributed by atoms with Gasteiger partial charge in [-0.3, -0.25) is 4.79 Å². The number of rotatable bonds is 7. The van der Waals surface area contributed by atoms with Crippen LogP contribution in [0.1, 0.15) is 23.2 Å². The Morgan fingerprint density at radius 2 is 1.65 bits per heavy atom. The van der Waals surface area contributed by atoms with Gasteiger partial charge in [0.05, 0.1) is 11.4 Å². The monoisotopic (exact) mass is 411 g/mol. The van der Waals surface area contributed by atoms with E-state index in [4.69, 9.17) is 9.84 Å². The van der Waals surface area contributed by atoms with Gasteiger partial charge in [0.2, 0.25) is 11.8 Å². The number of nitrogens with zero attached hydrogens (tertiary/aromatic N) is 2. The highest BCUT2D eigenvalue weighted by molar-refractivity contribution is 5.90. The molecule has 4 rings (SSSR count). The van der Waals surface area contributed by atoms with Crippen LogP contribution in [-0.4, -0.2) is 15.7 Å². The molecule has 0 saturated heterocycles. The molecule has 0 radical (unpaired) electrons. The Hall–Kier alpha value is -3.86. The van der Waals surface area contributed by atoms with Gasteiger partial charge in [0, 0.05) is 17.7 Å². The van der Waals surface area contributed by atoms with Crippen LogP contribution < -0.4 is 10.1 Å². The zero-order valence-corrected chi connectivity index (χ0v) is 17.7. The molecule has 0 aliphatic rings. The van der Waals surface area contributed by atoms with Gasteiger partial charge in [-0.05, 0) is 62.2 Å². The van der Waals surface area contributed by atoms with Crippen LogP contribution in [-0.2, 0) is 11.2 Å². The molecule has 0 aliphatic carbocycles. The fourth-order valence-corrected chi connectivity index (χ4v) is 3.45. The van der Waals surface area contributed by atoms with E-state index in [1.807, 2.05) is 103 Å². The summed E-state index contributed by atoms with van der Waals surface area (Å²) in [7, 11) is 0. The number of aromatic nitrogens is 2. The Labute approximate surface area is 182 Å². The largest absolute Gasteiger partial charge is 0.439 e. The lowest BCUT2D eigenvalue weighted by Gasteiger charge is -2.12. The number of carbonyl (C=O) groups is 1. The molecule has 0 saturated carbocycles. The van der Waals surface area contributed by atoms with Crippen molar-refractivity contribution in [2.24, 2.45) is 0 Å².